The molecule has 0 aromatic heterocycles. The molecule has 2 aliphatic rings. The van der Waals surface area contributed by atoms with Crippen molar-refractivity contribution in [3.05, 3.63) is 0 Å². The van der Waals surface area contributed by atoms with Crippen molar-refractivity contribution in [2.24, 2.45) is 22.7 Å². The van der Waals surface area contributed by atoms with Crippen LogP contribution in [-0.2, 0) is 0 Å². The average Bonchev–Trinajstić information content (AvgIpc) is 3.01. The maximum Gasteiger partial charge on any atom is 0.191 e. The van der Waals surface area contributed by atoms with E-state index in [1.807, 2.05) is 0 Å². The van der Waals surface area contributed by atoms with Gasteiger partial charge in [-0.1, -0.05) is 33.1 Å². The van der Waals surface area contributed by atoms with E-state index in [0.29, 0.717) is 0 Å². The fraction of sp³-hybridized carbons (Fsp3) is 0.947. The van der Waals surface area contributed by atoms with E-state index in [2.05, 4.69) is 36.3 Å². The van der Waals surface area contributed by atoms with Crippen LogP contribution in [0.15, 0.2) is 4.99 Å². The van der Waals surface area contributed by atoms with E-state index in [1.165, 1.54) is 58.2 Å². The minimum atomic E-state index is 0. The number of likely N-dealkylation sites (tertiary alicyclic amines) is 1. The Hall–Kier alpha value is -0.0400. The van der Waals surface area contributed by atoms with Crippen molar-refractivity contribution in [3.8, 4) is 0 Å². The molecule has 0 aromatic carbocycles. The fourth-order valence-electron chi connectivity index (χ4n) is 4.13. The molecule has 1 aliphatic heterocycles. The van der Waals surface area contributed by atoms with Crippen LogP contribution in [0.5, 0.6) is 0 Å². The van der Waals surface area contributed by atoms with Crippen LogP contribution in [0.2, 0.25) is 0 Å². The normalized spacial score (nSPS) is 28.5. The lowest BCUT2D eigenvalue weighted by molar-refractivity contribution is 0.270. The van der Waals surface area contributed by atoms with Gasteiger partial charge in [-0.15, -0.1) is 24.0 Å². The van der Waals surface area contributed by atoms with Gasteiger partial charge in [-0.3, -0.25) is 4.99 Å². The fourth-order valence-corrected chi connectivity index (χ4v) is 4.13. The van der Waals surface area contributed by atoms with Gasteiger partial charge < -0.3 is 15.5 Å². The predicted molar refractivity (Wildman–Crippen MR) is 115 cm³/mol. The lowest BCUT2D eigenvalue weighted by Gasteiger charge is -2.26. The minimum absolute atomic E-state index is 0. The molecule has 4 nitrogen and oxygen atoms in total. The summed E-state index contributed by atoms with van der Waals surface area (Å²) in [5, 5.41) is 6.96. The molecule has 1 saturated carbocycles. The van der Waals surface area contributed by atoms with Crippen LogP contribution in [0.3, 0.4) is 0 Å². The van der Waals surface area contributed by atoms with E-state index in [9.17, 15) is 0 Å². The van der Waals surface area contributed by atoms with Crippen LogP contribution < -0.4 is 10.6 Å². The Kier molecular flexibility index (Phi) is 11.3. The zero-order valence-electron chi connectivity index (χ0n) is 16.0. The molecule has 0 amide bonds. The highest BCUT2D eigenvalue weighted by molar-refractivity contribution is 14.0. The number of rotatable bonds is 7. The van der Waals surface area contributed by atoms with Crippen LogP contribution in [-0.4, -0.2) is 50.1 Å². The van der Waals surface area contributed by atoms with Crippen LogP contribution >= 0.6 is 24.0 Å². The second-order valence-electron chi connectivity index (χ2n) is 7.62. The molecular weight excluding hydrogens is 411 g/mol. The first-order valence-electron chi connectivity index (χ1n) is 9.95. The first-order chi connectivity index (χ1) is 11.2. The highest BCUT2D eigenvalue weighted by Gasteiger charge is 2.21. The molecule has 3 unspecified atom stereocenters. The van der Waals surface area contributed by atoms with Gasteiger partial charge in [-0.25, -0.2) is 0 Å². The van der Waals surface area contributed by atoms with Gasteiger partial charge in [0.15, 0.2) is 5.96 Å². The molecule has 1 aliphatic carbocycles. The van der Waals surface area contributed by atoms with Gasteiger partial charge in [0.1, 0.15) is 0 Å². The Morgan fingerprint density at radius 1 is 1.12 bits per heavy atom. The third-order valence-electron chi connectivity index (χ3n) is 5.56. The summed E-state index contributed by atoms with van der Waals surface area (Å²) >= 11 is 0. The monoisotopic (exact) mass is 450 g/mol. The molecular formula is C19H39IN4. The molecule has 142 valence electrons. The number of guanidine groups is 1. The maximum atomic E-state index is 4.83. The SMILES string of the molecule is CCNC(=NCC1CCN(CC)C1)NCCC1CCCC(C)C1.I. The van der Waals surface area contributed by atoms with Crippen LogP contribution in [0.25, 0.3) is 0 Å². The van der Waals surface area contributed by atoms with Gasteiger partial charge in [0.2, 0.25) is 0 Å². The lowest BCUT2D eigenvalue weighted by atomic mass is 9.81. The molecule has 1 saturated heterocycles. The van der Waals surface area contributed by atoms with Gasteiger partial charge in [0.05, 0.1) is 0 Å². The van der Waals surface area contributed by atoms with Gasteiger partial charge in [-0.2, -0.15) is 0 Å². The predicted octanol–water partition coefficient (Wildman–Crippen LogP) is 3.72. The molecule has 1 heterocycles. The third kappa shape index (κ3) is 7.89. The van der Waals surface area contributed by atoms with Gasteiger partial charge >= 0.3 is 0 Å². The number of hydrogen-bond donors (Lipinski definition) is 2. The number of aliphatic imine (C=N–C) groups is 1. The first kappa shape index (κ1) is 22.0. The molecule has 5 heteroatoms. The third-order valence-corrected chi connectivity index (χ3v) is 5.56. The van der Waals surface area contributed by atoms with Crippen molar-refractivity contribution >= 4 is 29.9 Å². The average molecular weight is 450 g/mol. The Morgan fingerprint density at radius 3 is 2.62 bits per heavy atom. The summed E-state index contributed by atoms with van der Waals surface area (Å²) in [5.41, 5.74) is 0. The minimum Gasteiger partial charge on any atom is -0.357 e. The van der Waals surface area contributed by atoms with E-state index in [-0.39, 0.29) is 24.0 Å². The summed E-state index contributed by atoms with van der Waals surface area (Å²) < 4.78 is 0. The molecule has 0 aromatic rings. The zero-order valence-corrected chi connectivity index (χ0v) is 18.4. The molecule has 0 spiro atoms. The smallest absolute Gasteiger partial charge is 0.191 e. The number of nitrogens with one attached hydrogen (secondary N) is 2. The highest BCUT2D eigenvalue weighted by Crippen LogP contribution is 2.30. The standard InChI is InChI=1S/C19H38N4.HI/c1-4-20-19(22-14-18-10-12-23(5-2)15-18)21-11-9-17-8-6-7-16(3)13-17;/h16-18H,4-15H2,1-3H3,(H2,20,21,22);1H. The van der Waals surface area contributed by atoms with E-state index in [1.54, 1.807) is 0 Å². The van der Waals surface area contributed by atoms with Crippen molar-refractivity contribution in [2.75, 3.05) is 39.3 Å². The molecule has 3 atom stereocenters. The second kappa shape index (κ2) is 12.3. The molecule has 2 fully saturated rings. The van der Waals surface area contributed by atoms with Gasteiger partial charge in [-0.05, 0) is 57.0 Å². The summed E-state index contributed by atoms with van der Waals surface area (Å²) in [6, 6.07) is 0. The summed E-state index contributed by atoms with van der Waals surface area (Å²) in [6.07, 6.45) is 8.30. The van der Waals surface area contributed by atoms with E-state index in [0.717, 1.165) is 43.3 Å². The highest BCUT2D eigenvalue weighted by atomic mass is 127. The van der Waals surface area contributed by atoms with Crippen LogP contribution in [0.4, 0.5) is 0 Å². The largest absolute Gasteiger partial charge is 0.357 e. The summed E-state index contributed by atoms with van der Waals surface area (Å²) in [6.45, 7) is 13.4. The molecule has 0 radical (unpaired) electrons. The number of hydrogen-bond acceptors (Lipinski definition) is 2. The maximum absolute atomic E-state index is 4.83. The Morgan fingerprint density at radius 2 is 1.96 bits per heavy atom. The van der Waals surface area contributed by atoms with E-state index >= 15 is 0 Å². The summed E-state index contributed by atoms with van der Waals surface area (Å²) in [5.74, 6) is 3.61. The quantitative estimate of drug-likeness (QED) is 0.353. The molecule has 24 heavy (non-hydrogen) atoms. The number of nitrogens with zero attached hydrogens (tertiary/aromatic N) is 2. The summed E-state index contributed by atoms with van der Waals surface area (Å²) in [4.78, 5) is 7.36. The van der Waals surface area contributed by atoms with Crippen molar-refractivity contribution in [2.45, 2.75) is 59.3 Å². The van der Waals surface area contributed by atoms with Gasteiger partial charge in [0.25, 0.3) is 0 Å². The van der Waals surface area contributed by atoms with Crippen LogP contribution in [0, 0.1) is 17.8 Å². The van der Waals surface area contributed by atoms with Crippen molar-refractivity contribution in [1.82, 2.24) is 15.5 Å². The number of halogens is 1. The molecule has 2 rings (SSSR count). The van der Waals surface area contributed by atoms with Gasteiger partial charge in [0, 0.05) is 26.2 Å². The van der Waals surface area contributed by atoms with E-state index < -0.39 is 0 Å². The van der Waals surface area contributed by atoms with E-state index in [4.69, 9.17) is 4.99 Å². The Bertz CT molecular complexity index is 361. The topological polar surface area (TPSA) is 39.7 Å². The van der Waals surface area contributed by atoms with Crippen molar-refractivity contribution in [1.29, 1.82) is 0 Å². The second-order valence-corrected chi connectivity index (χ2v) is 7.62. The van der Waals surface area contributed by atoms with Crippen LogP contribution in [0.1, 0.15) is 59.3 Å². The molecule has 2 N–H and O–H groups in total. The first-order valence-corrected chi connectivity index (χ1v) is 9.95. The Labute approximate surface area is 166 Å². The zero-order chi connectivity index (χ0) is 16.5. The summed E-state index contributed by atoms with van der Waals surface area (Å²) in [7, 11) is 0. The van der Waals surface area contributed by atoms with Crippen molar-refractivity contribution < 1.29 is 0 Å². The van der Waals surface area contributed by atoms with Crippen molar-refractivity contribution in [3.63, 3.8) is 0 Å². The lowest BCUT2D eigenvalue weighted by Crippen LogP contribution is -2.39. The molecule has 0 bridgehead atoms. The Balaban J connectivity index is 0.00000288.